The standard InChI is InChI=1S/C15H23BrN2O2S/c1-14-7-10-17(11-8-14)21(19,20)18(12-9-16)13-15-5-3-2-4-6-15/h2-6,14H,7-13H2,1H3. The maximum Gasteiger partial charge on any atom is 0.282 e. The van der Waals surface area contributed by atoms with Crippen LogP contribution >= 0.6 is 15.9 Å². The molecule has 0 N–H and O–H groups in total. The van der Waals surface area contributed by atoms with Gasteiger partial charge in [0.05, 0.1) is 0 Å². The predicted molar refractivity (Wildman–Crippen MR) is 89.5 cm³/mol. The van der Waals surface area contributed by atoms with Crippen LogP contribution in [0.2, 0.25) is 0 Å². The van der Waals surface area contributed by atoms with Gasteiger partial charge in [-0.15, -0.1) is 0 Å². The van der Waals surface area contributed by atoms with E-state index in [4.69, 9.17) is 0 Å². The SMILES string of the molecule is CC1CCN(S(=O)(=O)N(CCBr)Cc2ccccc2)CC1. The summed E-state index contributed by atoms with van der Waals surface area (Å²) in [5.41, 5.74) is 1.02. The molecule has 0 saturated carbocycles. The van der Waals surface area contributed by atoms with Crippen molar-refractivity contribution in [1.29, 1.82) is 0 Å². The minimum atomic E-state index is -3.37. The summed E-state index contributed by atoms with van der Waals surface area (Å²) in [7, 11) is -3.37. The van der Waals surface area contributed by atoms with Crippen molar-refractivity contribution in [3.63, 3.8) is 0 Å². The molecule has 1 saturated heterocycles. The first kappa shape index (κ1) is 16.9. The van der Waals surface area contributed by atoms with Crippen molar-refractivity contribution in [1.82, 2.24) is 8.61 Å². The molecule has 21 heavy (non-hydrogen) atoms. The van der Waals surface area contributed by atoms with Crippen molar-refractivity contribution in [2.45, 2.75) is 26.3 Å². The van der Waals surface area contributed by atoms with Crippen molar-refractivity contribution in [2.24, 2.45) is 5.92 Å². The van der Waals surface area contributed by atoms with Crippen molar-refractivity contribution in [3.8, 4) is 0 Å². The normalized spacial score (nSPS) is 18.2. The summed E-state index contributed by atoms with van der Waals surface area (Å²) in [4.78, 5) is 0. The summed E-state index contributed by atoms with van der Waals surface area (Å²) in [6.45, 7) is 4.38. The first-order chi connectivity index (χ1) is 10.0. The third-order valence-corrected chi connectivity index (χ3v) is 6.27. The van der Waals surface area contributed by atoms with Gasteiger partial charge < -0.3 is 0 Å². The minimum absolute atomic E-state index is 0.431. The molecule has 0 atom stereocenters. The van der Waals surface area contributed by atoms with Crippen LogP contribution in [0, 0.1) is 5.92 Å². The Morgan fingerprint density at radius 1 is 1.24 bits per heavy atom. The van der Waals surface area contributed by atoms with Crippen LogP contribution in [0.3, 0.4) is 0 Å². The smallest absolute Gasteiger partial charge is 0.195 e. The van der Waals surface area contributed by atoms with Crippen LogP contribution in [-0.2, 0) is 16.8 Å². The summed E-state index contributed by atoms with van der Waals surface area (Å²) in [6, 6.07) is 9.76. The Morgan fingerprint density at radius 3 is 2.43 bits per heavy atom. The molecule has 0 spiro atoms. The first-order valence-corrected chi connectivity index (χ1v) is 9.91. The van der Waals surface area contributed by atoms with E-state index in [2.05, 4.69) is 22.9 Å². The second-order valence-corrected chi connectivity index (χ2v) is 8.32. The second kappa shape index (κ2) is 7.72. The lowest BCUT2D eigenvalue weighted by Gasteiger charge is -2.33. The fourth-order valence-corrected chi connectivity index (χ4v) is 4.83. The van der Waals surface area contributed by atoms with Gasteiger partial charge >= 0.3 is 0 Å². The number of nitrogens with zero attached hydrogens (tertiary/aromatic N) is 2. The Balaban J connectivity index is 2.12. The molecule has 118 valence electrons. The van der Waals surface area contributed by atoms with E-state index in [1.807, 2.05) is 30.3 Å². The predicted octanol–water partition coefficient (Wildman–Crippen LogP) is 2.86. The molecule has 4 nitrogen and oxygen atoms in total. The van der Waals surface area contributed by atoms with Gasteiger partial charge in [-0.3, -0.25) is 0 Å². The van der Waals surface area contributed by atoms with Crippen molar-refractivity contribution in [2.75, 3.05) is 25.0 Å². The highest BCUT2D eigenvalue weighted by atomic mass is 79.9. The lowest BCUT2D eigenvalue weighted by molar-refractivity contribution is 0.264. The van der Waals surface area contributed by atoms with Gasteiger partial charge in [-0.2, -0.15) is 17.0 Å². The third kappa shape index (κ3) is 4.52. The zero-order valence-electron chi connectivity index (χ0n) is 12.4. The molecule has 1 heterocycles. The minimum Gasteiger partial charge on any atom is -0.195 e. The maximum absolute atomic E-state index is 12.8. The quantitative estimate of drug-likeness (QED) is 0.718. The van der Waals surface area contributed by atoms with Crippen LogP contribution in [-0.4, -0.2) is 42.0 Å². The maximum atomic E-state index is 12.8. The molecule has 1 aromatic rings. The number of alkyl halides is 1. The molecular formula is C15H23BrN2O2S. The number of hydrogen-bond donors (Lipinski definition) is 0. The lowest BCUT2D eigenvalue weighted by atomic mass is 10.0. The molecule has 1 fully saturated rings. The molecule has 0 bridgehead atoms. The summed E-state index contributed by atoms with van der Waals surface area (Å²) in [5, 5.41) is 0.642. The Hall–Kier alpha value is -0.430. The van der Waals surface area contributed by atoms with E-state index in [0.717, 1.165) is 18.4 Å². The molecule has 1 aromatic carbocycles. The van der Waals surface area contributed by atoms with Crippen molar-refractivity contribution >= 4 is 26.1 Å². The van der Waals surface area contributed by atoms with Gasteiger partial charge in [0.2, 0.25) is 0 Å². The number of rotatable bonds is 6. The Labute approximate surface area is 136 Å². The average molecular weight is 375 g/mol. The molecule has 2 rings (SSSR count). The van der Waals surface area contributed by atoms with E-state index in [1.54, 1.807) is 8.61 Å². The third-order valence-electron chi connectivity index (χ3n) is 3.93. The number of hydrogen-bond acceptors (Lipinski definition) is 2. The highest BCUT2D eigenvalue weighted by Crippen LogP contribution is 2.22. The molecule has 0 radical (unpaired) electrons. The second-order valence-electron chi connectivity index (χ2n) is 5.60. The zero-order valence-corrected chi connectivity index (χ0v) is 14.8. The lowest BCUT2D eigenvalue weighted by Crippen LogP contribution is -2.47. The zero-order chi connectivity index (χ0) is 15.3. The Morgan fingerprint density at radius 2 is 1.86 bits per heavy atom. The number of piperidine rings is 1. The van der Waals surface area contributed by atoms with Gasteiger partial charge in [-0.1, -0.05) is 53.2 Å². The van der Waals surface area contributed by atoms with E-state index in [9.17, 15) is 8.42 Å². The molecule has 6 heteroatoms. The van der Waals surface area contributed by atoms with Gasteiger partial charge in [-0.25, -0.2) is 0 Å². The van der Waals surface area contributed by atoms with Crippen LogP contribution in [0.5, 0.6) is 0 Å². The molecular weight excluding hydrogens is 352 g/mol. The molecule has 0 unspecified atom stereocenters. The van der Waals surface area contributed by atoms with Gasteiger partial charge in [-0.05, 0) is 24.3 Å². The number of benzene rings is 1. The highest BCUT2D eigenvalue weighted by molar-refractivity contribution is 9.09. The van der Waals surface area contributed by atoms with Crippen LogP contribution in [0.1, 0.15) is 25.3 Å². The Kier molecular flexibility index (Phi) is 6.22. The van der Waals surface area contributed by atoms with E-state index >= 15 is 0 Å². The number of halogens is 1. The summed E-state index contributed by atoms with van der Waals surface area (Å²) < 4.78 is 28.8. The molecule has 0 aliphatic carbocycles. The largest absolute Gasteiger partial charge is 0.282 e. The van der Waals surface area contributed by atoms with Crippen molar-refractivity contribution < 1.29 is 8.42 Å². The fourth-order valence-electron chi connectivity index (χ4n) is 2.54. The van der Waals surface area contributed by atoms with Gasteiger partial charge in [0.15, 0.2) is 0 Å². The summed E-state index contributed by atoms with van der Waals surface area (Å²) in [6.07, 6.45) is 1.90. The van der Waals surface area contributed by atoms with Crippen LogP contribution in [0.4, 0.5) is 0 Å². The fraction of sp³-hybridized carbons (Fsp3) is 0.600. The van der Waals surface area contributed by atoms with E-state index in [0.29, 0.717) is 37.4 Å². The van der Waals surface area contributed by atoms with E-state index in [-0.39, 0.29) is 0 Å². The summed E-state index contributed by atoms with van der Waals surface area (Å²) in [5.74, 6) is 0.621. The molecule has 1 aliphatic heterocycles. The molecule has 0 aromatic heterocycles. The van der Waals surface area contributed by atoms with Gasteiger partial charge in [0.1, 0.15) is 0 Å². The monoisotopic (exact) mass is 374 g/mol. The summed E-state index contributed by atoms with van der Waals surface area (Å²) >= 11 is 3.36. The van der Waals surface area contributed by atoms with Gasteiger partial charge in [0, 0.05) is 31.5 Å². The van der Waals surface area contributed by atoms with Crippen LogP contribution < -0.4 is 0 Å². The molecule has 1 aliphatic rings. The highest BCUT2D eigenvalue weighted by Gasteiger charge is 2.31. The first-order valence-electron chi connectivity index (χ1n) is 7.39. The van der Waals surface area contributed by atoms with E-state index < -0.39 is 10.2 Å². The topological polar surface area (TPSA) is 40.6 Å². The van der Waals surface area contributed by atoms with Gasteiger partial charge in [0.25, 0.3) is 10.2 Å². The Bertz CT molecular complexity index is 528. The van der Waals surface area contributed by atoms with E-state index in [1.165, 1.54) is 0 Å². The average Bonchev–Trinajstić information content (AvgIpc) is 2.48. The van der Waals surface area contributed by atoms with Crippen LogP contribution in [0.25, 0.3) is 0 Å². The van der Waals surface area contributed by atoms with Crippen molar-refractivity contribution in [3.05, 3.63) is 35.9 Å². The molecule has 0 amide bonds. The van der Waals surface area contributed by atoms with Crippen LogP contribution in [0.15, 0.2) is 30.3 Å².